The summed E-state index contributed by atoms with van der Waals surface area (Å²) >= 11 is 0. The van der Waals surface area contributed by atoms with Crippen LogP contribution in [0.25, 0.3) is 0 Å². The van der Waals surface area contributed by atoms with Gasteiger partial charge in [0.2, 0.25) is 0 Å². The molecule has 0 spiro atoms. The van der Waals surface area contributed by atoms with E-state index in [1.54, 1.807) is 0 Å². The molecule has 1 nitrogen and oxygen atoms in total. The minimum atomic E-state index is -3.56. The number of benzene rings is 1. The van der Waals surface area contributed by atoms with Gasteiger partial charge in [0.1, 0.15) is 5.75 Å². The Morgan fingerprint density at radius 2 is 1.46 bits per heavy atom. The molecule has 1 unspecified atom stereocenters. The highest BCUT2D eigenvalue weighted by atomic mass is 19.3. The summed E-state index contributed by atoms with van der Waals surface area (Å²) in [7, 11) is 0. The molecule has 35 heavy (non-hydrogen) atoms. The van der Waals surface area contributed by atoms with Crippen LogP contribution in [0.4, 0.5) is 22.0 Å². The zero-order valence-electron chi connectivity index (χ0n) is 20.1. The average Bonchev–Trinajstić information content (AvgIpc) is 2.86. The van der Waals surface area contributed by atoms with Crippen molar-refractivity contribution in [2.45, 2.75) is 76.7 Å². The Kier molecular flexibility index (Phi) is 8.38. The molecule has 3 aliphatic rings. The highest BCUT2D eigenvalue weighted by molar-refractivity contribution is 5.25. The molecule has 0 aliphatic heterocycles. The van der Waals surface area contributed by atoms with Crippen molar-refractivity contribution in [3.05, 3.63) is 66.0 Å². The van der Waals surface area contributed by atoms with Gasteiger partial charge in [0.25, 0.3) is 0 Å². The van der Waals surface area contributed by atoms with Gasteiger partial charge in [0.15, 0.2) is 17.5 Å². The zero-order valence-corrected chi connectivity index (χ0v) is 20.1. The van der Waals surface area contributed by atoms with Crippen LogP contribution in [0.3, 0.4) is 0 Å². The summed E-state index contributed by atoms with van der Waals surface area (Å²) in [4.78, 5) is 0. The normalized spacial score (nSPS) is 30.2. The molecule has 1 aromatic rings. The van der Waals surface area contributed by atoms with Crippen LogP contribution in [0.5, 0.6) is 5.75 Å². The Bertz CT molecular complexity index is 913. The van der Waals surface area contributed by atoms with Gasteiger partial charge in [-0.05, 0) is 94.3 Å². The third-order valence-corrected chi connectivity index (χ3v) is 8.34. The maximum Gasteiger partial charge on any atom is 0.400 e. The van der Waals surface area contributed by atoms with Crippen molar-refractivity contribution in [3.63, 3.8) is 0 Å². The molecule has 192 valence electrons. The van der Waals surface area contributed by atoms with Gasteiger partial charge >= 0.3 is 6.11 Å². The minimum absolute atomic E-state index is 0.296. The van der Waals surface area contributed by atoms with Crippen LogP contribution in [0, 0.1) is 47.0 Å². The number of alkyl halides is 2. The van der Waals surface area contributed by atoms with Crippen LogP contribution in [-0.2, 0) is 0 Å². The number of hydrogen-bond donors (Lipinski definition) is 0. The maximum atomic E-state index is 14.7. The summed E-state index contributed by atoms with van der Waals surface area (Å²) in [5.41, 5.74) is 1.39. The standard InChI is InChI=1S/C29H35F5O/c1-2-19-3-5-20(6-4-19)7-8-21-9-11-22(12-10-21)23-13-15-24(16-14-23)29(33,34)35-25-17-26(30)28(32)27(31)18-25/h2,7-9,17-20,22-24H,1,3-6,10-16H2/b8-7+. The highest BCUT2D eigenvalue weighted by Gasteiger charge is 2.45. The lowest BCUT2D eigenvalue weighted by atomic mass is 9.71. The maximum absolute atomic E-state index is 14.7. The molecular formula is C29H35F5O. The molecule has 1 aromatic carbocycles. The van der Waals surface area contributed by atoms with E-state index in [4.69, 9.17) is 0 Å². The second-order valence-electron chi connectivity index (χ2n) is 10.6. The highest BCUT2D eigenvalue weighted by Crippen LogP contribution is 2.45. The molecule has 3 aliphatic carbocycles. The minimum Gasteiger partial charge on any atom is -0.432 e. The van der Waals surface area contributed by atoms with E-state index in [9.17, 15) is 22.0 Å². The van der Waals surface area contributed by atoms with Gasteiger partial charge in [0.05, 0.1) is 5.92 Å². The van der Waals surface area contributed by atoms with E-state index in [2.05, 4.69) is 35.6 Å². The fourth-order valence-corrected chi connectivity index (χ4v) is 6.05. The molecule has 1 atom stereocenters. The summed E-state index contributed by atoms with van der Waals surface area (Å²) < 4.78 is 73.8. The van der Waals surface area contributed by atoms with Crippen molar-refractivity contribution in [3.8, 4) is 5.75 Å². The lowest BCUT2D eigenvalue weighted by Gasteiger charge is -2.37. The number of hydrogen-bond acceptors (Lipinski definition) is 1. The van der Waals surface area contributed by atoms with Crippen molar-refractivity contribution in [2.75, 3.05) is 0 Å². The molecule has 2 fully saturated rings. The lowest BCUT2D eigenvalue weighted by Crippen LogP contribution is -2.38. The zero-order chi connectivity index (χ0) is 25.0. The summed E-state index contributed by atoms with van der Waals surface area (Å²) in [6, 6.07) is 0.926. The van der Waals surface area contributed by atoms with E-state index in [0.717, 1.165) is 19.3 Å². The topological polar surface area (TPSA) is 9.23 Å². The Hall–Kier alpha value is -2.11. The predicted molar refractivity (Wildman–Crippen MR) is 128 cm³/mol. The van der Waals surface area contributed by atoms with Crippen LogP contribution in [0.2, 0.25) is 0 Å². The molecule has 0 saturated heterocycles. The third kappa shape index (κ3) is 6.56. The van der Waals surface area contributed by atoms with Crippen LogP contribution >= 0.6 is 0 Å². The van der Waals surface area contributed by atoms with E-state index < -0.39 is 35.2 Å². The smallest absolute Gasteiger partial charge is 0.400 e. The molecule has 0 heterocycles. The largest absolute Gasteiger partial charge is 0.432 e. The summed E-state index contributed by atoms with van der Waals surface area (Å²) in [6.07, 6.45) is 15.5. The molecule has 0 aromatic heterocycles. The van der Waals surface area contributed by atoms with E-state index in [-0.39, 0.29) is 0 Å². The lowest BCUT2D eigenvalue weighted by molar-refractivity contribution is -0.224. The van der Waals surface area contributed by atoms with Gasteiger partial charge in [-0.1, -0.05) is 29.9 Å². The summed E-state index contributed by atoms with van der Waals surface area (Å²) in [5, 5.41) is 0. The predicted octanol–water partition coefficient (Wildman–Crippen LogP) is 9.16. The van der Waals surface area contributed by atoms with Crippen molar-refractivity contribution < 1.29 is 26.7 Å². The second-order valence-corrected chi connectivity index (χ2v) is 10.6. The van der Waals surface area contributed by atoms with E-state index >= 15 is 0 Å². The molecule has 4 rings (SSSR count). The Labute approximate surface area is 205 Å². The van der Waals surface area contributed by atoms with Crippen LogP contribution in [0.15, 0.2) is 48.6 Å². The van der Waals surface area contributed by atoms with E-state index in [0.29, 0.717) is 61.5 Å². The Morgan fingerprint density at radius 3 is 2.03 bits per heavy atom. The average molecular weight is 495 g/mol. The van der Waals surface area contributed by atoms with Crippen LogP contribution < -0.4 is 4.74 Å². The van der Waals surface area contributed by atoms with Crippen LogP contribution in [-0.4, -0.2) is 6.11 Å². The number of halogens is 5. The van der Waals surface area contributed by atoms with Crippen molar-refractivity contribution >= 4 is 0 Å². The monoisotopic (exact) mass is 494 g/mol. The van der Waals surface area contributed by atoms with Gasteiger partial charge in [-0.2, -0.15) is 8.78 Å². The Balaban J connectivity index is 1.24. The SMILES string of the molecule is C=CC1CCC(/C=C/C2=CCC(C3CCC(C(F)(F)Oc4cc(F)c(F)c(F)c4)CC3)CC2)CC1. The molecule has 6 heteroatoms. The van der Waals surface area contributed by atoms with E-state index in [1.165, 1.54) is 31.3 Å². The van der Waals surface area contributed by atoms with E-state index in [1.807, 2.05) is 0 Å². The number of allylic oxidation sites excluding steroid dienone is 5. The molecule has 0 N–H and O–H groups in total. The second kappa shape index (κ2) is 11.3. The van der Waals surface area contributed by atoms with Crippen LogP contribution in [0.1, 0.15) is 70.6 Å². The summed E-state index contributed by atoms with van der Waals surface area (Å²) in [6.45, 7) is 3.91. The van der Waals surface area contributed by atoms with Crippen molar-refractivity contribution in [1.82, 2.24) is 0 Å². The first-order chi connectivity index (χ1) is 16.7. The first-order valence-electron chi connectivity index (χ1n) is 13.0. The molecule has 0 amide bonds. The molecule has 0 bridgehead atoms. The molecule has 2 saturated carbocycles. The quantitative estimate of drug-likeness (QED) is 0.209. The van der Waals surface area contributed by atoms with Crippen molar-refractivity contribution in [2.24, 2.45) is 29.6 Å². The van der Waals surface area contributed by atoms with Gasteiger partial charge in [-0.15, -0.1) is 6.58 Å². The third-order valence-electron chi connectivity index (χ3n) is 8.34. The fourth-order valence-electron chi connectivity index (χ4n) is 6.05. The van der Waals surface area contributed by atoms with Gasteiger partial charge in [-0.3, -0.25) is 0 Å². The summed E-state index contributed by atoms with van der Waals surface area (Å²) in [5.74, 6) is -4.26. The van der Waals surface area contributed by atoms with Gasteiger partial charge in [-0.25, -0.2) is 13.2 Å². The molecular weight excluding hydrogens is 459 g/mol. The fraction of sp³-hybridized carbons (Fsp3) is 0.586. The Morgan fingerprint density at radius 1 is 0.829 bits per heavy atom. The first kappa shape index (κ1) is 26.0. The number of ether oxygens (including phenoxy) is 1. The molecule has 0 radical (unpaired) electrons. The van der Waals surface area contributed by atoms with Gasteiger partial charge < -0.3 is 4.74 Å². The van der Waals surface area contributed by atoms with Crippen molar-refractivity contribution in [1.29, 1.82) is 0 Å². The number of rotatable bonds is 7. The first-order valence-corrected chi connectivity index (χ1v) is 13.0. The van der Waals surface area contributed by atoms with Gasteiger partial charge in [0, 0.05) is 12.1 Å².